The summed E-state index contributed by atoms with van der Waals surface area (Å²) < 4.78 is 45.0. The Morgan fingerprint density at radius 3 is 2.76 bits per heavy atom. The largest absolute Gasteiger partial charge is 0.490 e. The Labute approximate surface area is 326 Å². The van der Waals surface area contributed by atoms with E-state index in [4.69, 9.17) is 21.1 Å². The predicted octanol–water partition coefficient (Wildman–Crippen LogP) is 6.69. The number of amides is 1. The molecule has 2 bridgehead atoms. The van der Waals surface area contributed by atoms with Crippen molar-refractivity contribution < 1.29 is 22.9 Å². The van der Waals surface area contributed by atoms with E-state index in [-0.39, 0.29) is 34.4 Å². The van der Waals surface area contributed by atoms with Gasteiger partial charge in [-0.25, -0.2) is 8.60 Å². The van der Waals surface area contributed by atoms with Crippen LogP contribution in [0, 0.1) is 17.8 Å². The molecule has 294 valence electrons. The molecular weight excluding hydrogens is 723 g/mol. The number of rotatable bonds is 3. The highest BCUT2D eigenvalue weighted by Crippen LogP contribution is 2.49. The third-order valence-corrected chi connectivity index (χ3v) is 16.6. The summed E-state index contributed by atoms with van der Waals surface area (Å²) in [4.78, 5) is 21.3. The predicted molar refractivity (Wildman–Crippen MR) is 217 cm³/mol. The maximum Gasteiger partial charge on any atom is 0.262 e. The van der Waals surface area contributed by atoms with Crippen LogP contribution in [-0.2, 0) is 26.3 Å². The second-order valence-corrected chi connectivity index (χ2v) is 20.3. The van der Waals surface area contributed by atoms with E-state index in [9.17, 15) is 13.4 Å². The van der Waals surface area contributed by atoms with Crippen LogP contribution in [0.3, 0.4) is 0 Å². The van der Waals surface area contributed by atoms with E-state index in [1.807, 2.05) is 32.2 Å². The van der Waals surface area contributed by atoms with E-state index >= 15 is 0 Å². The van der Waals surface area contributed by atoms with Crippen LogP contribution in [0.25, 0.3) is 0 Å². The lowest BCUT2D eigenvalue weighted by Gasteiger charge is -2.53. The van der Waals surface area contributed by atoms with Gasteiger partial charge in [-0.15, -0.1) is 0 Å². The van der Waals surface area contributed by atoms with Gasteiger partial charge in [-0.05, 0) is 123 Å². The maximum absolute atomic E-state index is 14.6. The molecule has 9 atom stereocenters. The van der Waals surface area contributed by atoms with E-state index in [0.717, 1.165) is 94.4 Å². The molecule has 0 radical (unpaired) electrons. The van der Waals surface area contributed by atoms with Crippen molar-refractivity contribution in [2.45, 2.75) is 93.7 Å². The Hall–Kier alpha value is -2.63. The molecule has 1 saturated carbocycles. The monoisotopic (exact) mass is 780 g/mol. The van der Waals surface area contributed by atoms with E-state index in [2.05, 4.69) is 56.5 Å². The lowest BCUT2D eigenvalue weighted by Crippen LogP contribution is -2.62. The van der Waals surface area contributed by atoms with Gasteiger partial charge in [0.05, 0.1) is 22.0 Å². The van der Waals surface area contributed by atoms with Crippen molar-refractivity contribution in [3.63, 3.8) is 0 Å². The Bertz CT molecular complexity index is 1880. The fourth-order valence-electron chi connectivity index (χ4n) is 10.6. The zero-order valence-corrected chi connectivity index (χ0v) is 33.8. The molecule has 8 rings (SSSR count). The SMILES string of the molecule is C=S1(=O)NC(=O)c2ccc3c(c2)N(C[C@@H]2CC[C@H]2[C@](CN2CCN4CC[C@@H](F)C[C@@H]4C2)(OC)/C=C/C[C@H](C)[C@H]1C)C[C@@]1(CCCc2cc(Cl)ccc21)CO3. The quantitative estimate of drug-likeness (QED) is 0.275. The summed E-state index contributed by atoms with van der Waals surface area (Å²) in [5, 5.41) is 0.395. The fraction of sp³-hybridized carbons (Fsp3) is 0.628. The molecule has 2 aromatic rings. The van der Waals surface area contributed by atoms with E-state index < -0.39 is 21.5 Å². The molecule has 8 nitrogen and oxygen atoms in total. The zero-order chi connectivity index (χ0) is 37.8. The molecule has 4 heterocycles. The van der Waals surface area contributed by atoms with Crippen molar-refractivity contribution in [3.05, 3.63) is 70.3 Å². The summed E-state index contributed by atoms with van der Waals surface area (Å²) in [5.41, 5.74) is 3.13. The number of carbonyl (C=O) groups is 1. The minimum absolute atomic E-state index is 0.00107. The number of halogens is 2. The normalized spacial score (nSPS) is 38.2. The van der Waals surface area contributed by atoms with Crippen LogP contribution in [0.1, 0.15) is 80.3 Å². The molecule has 1 N–H and O–H groups in total. The first-order chi connectivity index (χ1) is 25.9. The molecule has 1 amide bonds. The lowest BCUT2D eigenvalue weighted by atomic mass is 9.63. The minimum atomic E-state index is -2.98. The first kappa shape index (κ1) is 38.3. The zero-order valence-electron chi connectivity index (χ0n) is 32.2. The van der Waals surface area contributed by atoms with Crippen LogP contribution >= 0.6 is 11.6 Å². The Balaban J connectivity index is 1.18. The van der Waals surface area contributed by atoms with Gasteiger partial charge in [0.15, 0.2) is 0 Å². The van der Waals surface area contributed by atoms with Crippen LogP contribution in [0.5, 0.6) is 5.75 Å². The average molecular weight is 781 g/mol. The molecule has 1 spiro atoms. The number of nitrogens with zero attached hydrogens (tertiary/aromatic N) is 3. The Kier molecular flexibility index (Phi) is 10.6. The third-order valence-electron chi connectivity index (χ3n) is 14.2. The van der Waals surface area contributed by atoms with Gasteiger partial charge in [-0.1, -0.05) is 36.7 Å². The van der Waals surface area contributed by atoms with Crippen molar-refractivity contribution in [1.29, 1.82) is 0 Å². The Morgan fingerprint density at radius 2 is 1.96 bits per heavy atom. The molecule has 2 aliphatic carbocycles. The van der Waals surface area contributed by atoms with Crippen LogP contribution in [0.4, 0.5) is 10.1 Å². The summed E-state index contributed by atoms with van der Waals surface area (Å²) >= 11 is 6.52. The minimum Gasteiger partial charge on any atom is -0.490 e. The van der Waals surface area contributed by atoms with Gasteiger partial charge < -0.3 is 14.4 Å². The number of alkyl halides is 1. The van der Waals surface area contributed by atoms with E-state index in [1.165, 1.54) is 11.1 Å². The van der Waals surface area contributed by atoms with Gasteiger partial charge in [-0.3, -0.25) is 19.3 Å². The highest BCUT2D eigenvalue weighted by molar-refractivity contribution is 7.99. The van der Waals surface area contributed by atoms with Gasteiger partial charge in [0, 0.05) is 80.2 Å². The number of fused-ring (bicyclic) bond motifs is 5. The second kappa shape index (κ2) is 15.0. The number of piperidine rings is 1. The molecule has 2 aromatic carbocycles. The van der Waals surface area contributed by atoms with Crippen LogP contribution in [0.15, 0.2) is 48.6 Å². The number of ether oxygens (including phenoxy) is 2. The number of piperazine rings is 1. The summed E-state index contributed by atoms with van der Waals surface area (Å²) in [6.07, 6.45) is 10.9. The van der Waals surface area contributed by atoms with E-state index in [0.29, 0.717) is 37.4 Å². The molecular formula is C43H58ClFN4O4S. The number of allylic oxidation sites excluding steroid dienone is 1. The number of carbonyl (C=O) groups excluding carboxylic acids is 1. The highest BCUT2D eigenvalue weighted by atomic mass is 35.5. The van der Waals surface area contributed by atoms with Gasteiger partial charge in [-0.2, -0.15) is 0 Å². The molecule has 6 aliphatic rings. The molecule has 3 fully saturated rings. The maximum atomic E-state index is 14.6. The van der Waals surface area contributed by atoms with Crippen molar-refractivity contribution in [2.24, 2.45) is 17.8 Å². The Morgan fingerprint density at radius 1 is 1.11 bits per heavy atom. The molecule has 4 aliphatic heterocycles. The average Bonchev–Trinajstić information content (AvgIpc) is 3.28. The summed E-state index contributed by atoms with van der Waals surface area (Å²) in [7, 11) is -1.12. The molecule has 2 saturated heterocycles. The van der Waals surface area contributed by atoms with Crippen molar-refractivity contribution in [3.8, 4) is 5.75 Å². The fourth-order valence-corrected chi connectivity index (χ4v) is 12.3. The van der Waals surface area contributed by atoms with Crippen molar-refractivity contribution in [2.75, 3.05) is 64.4 Å². The molecule has 0 aromatic heterocycles. The van der Waals surface area contributed by atoms with Crippen molar-refractivity contribution >= 4 is 38.8 Å². The number of hydrogen-bond acceptors (Lipinski definition) is 7. The standard InChI is InChI=1S/C43H58ClFN4O4S/c1-29-7-5-17-43(52-3,27-47-19-20-48-18-15-35(45)23-36(48)25-47)38-12-9-33(38)24-49-26-42(16-6-8-31-21-34(44)11-13-37(31)42)28-53-40-14-10-32(22-39(40)49)41(50)46-54(4,51)30(29)2/h5,10-11,13-14,17,21-22,29-30,33,35-36,38H,4,6-9,12,15-16,18-20,23-28H2,1-3H3,(H,46,50,51)/b17-5+/t29-,30+,33-,35+,36+,38+,42-,43-,54?/m0/s1. The smallest absolute Gasteiger partial charge is 0.262 e. The van der Waals surface area contributed by atoms with Crippen LogP contribution < -0.4 is 14.4 Å². The molecule has 11 heteroatoms. The van der Waals surface area contributed by atoms with Gasteiger partial charge in [0.25, 0.3) is 5.91 Å². The summed E-state index contributed by atoms with van der Waals surface area (Å²) in [6, 6.07) is 12.2. The molecule has 54 heavy (non-hydrogen) atoms. The van der Waals surface area contributed by atoms with Crippen LogP contribution in [-0.4, -0.2) is 108 Å². The first-order valence-corrected chi connectivity index (χ1v) is 22.4. The summed E-state index contributed by atoms with van der Waals surface area (Å²) in [6.45, 7) is 10.4. The van der Waals surface area contributed by atoms with E-state index in [1.54, 1.807) is 6.07 Å². The first-order valence-electron chi connectivity index (χ1n) is 20.2. The lowest BCUT2D eigenvalue weighted by molar-refractivity contribution is -0.101. The number of nitrogens with one attached hydrogen (secondary N) is 1. The molecule has 1 unspecified atom stereocenters. The number of benzene rings is 2. The highest BCUT2D eigenvalue weighted by Gasteiger charge is 2.50. The second-order valence-electron chi connectivity index (χ2n) is 17.4. The topological polar surface area (TPSA) is 74.4 Å². The summed E-state index contributed by atoms with van der Waals surface area (Å²) in [5.74, 6) is 5.03. The van der Waals surface area contributed by atoms with Gasteiger partial charge in [0.2, 0.25) is 0 Å². The van der Waals surface area contributed by atoms with Gasteiger partial charge >= 0.3 is 0 Å². The third kappa shape index (κ3) is 7.23. The van der Waals surface area contributed by atoms with Crippen LogP contribution in [0.2, 0.25) is 5.02 Å². The number of hydrogen-bond donors (Lipinski definition) is 1. The number of methoxy groups -OCH3 is 1. The number of anilines is 1. The van der Waals surface area contributed by atoms with Gasteiger partial charge in [0.1, 0.15) is 17.5 Å². The van der Waals surface area contributed by atoms with Crippen molar-refractivity contribution in [1.82, 2.24) is 14.5 Å². The number of aryl methyl sites for hydroxylation is 1.